The molecule has 1 aromatic rings. The summed E-state index contributed by atoms with van der Waals surface area (Å²) in [6.45, 7) is 11.8. The van der Waals surface area contributed by atoms with E-state index in [0.29, 0.717) is 5.92 Å². The summed E-state index contributed by atoms with van der Waals surface area (Å²) in [4.78, 5) is 2.42. The topological polar surface area (TPSA) is 24.5 Å². The van der Waals surface area contributed by atoms with E-state index in [4.69, 9.17) is 4.74 Å². The van der Waals surface area contributed by atoms with Gasteiger partial charge in [0.1, 0.15) is 11.4 Å². The molecule has 0 saturated heterocycles. The first-order valence-electron chi connectivity index (χ1n) is 6.90. The minimum atomic E-state index is 0.203. The molecule has 0 radical (unpaired) electrons. The molecule has 1 unspecified atom stereocenters. The van der Waals surface area contributed by atoms with Gasteiger partial charge in [0, 0.05) is 19.6 Å². The van der Waals surface area contributed by atoms with E-state index in [-0.39, 0.29) is 6.10 Å². The largest absolute Gasteiger partial charge is 0.489 e. The molecule has 1 N–H and O–H groups in total. The first-order chi connectivity index (χ1) is 8.61. The van der Waals surface area contributed by atoms with Crippen molar-refractivity contribution in [3.8, 4) is 5.75 Å². The number of hydrogen-bond donors (Lipinski definition) is 1. The average molecular weight is 248 g/mol. The van der Waals surface area contributed by atoms with Crippen molar-refractivity contribution in [3.63, 3.8) is 0 Å². The van der Waals surface area contributed by atoms with Crippen LogP contribution >= 0.6 is 0 Å². The lowest BCUT2D eigenvalue weighted by Gasteiger charge is -2.25. The maximum Gasteiger partial charge on any atom is 0.144 e. The Kier molecular flexibility index (Phi) is 4.00. The van der Waals surface area contributed by atoms with Gasteiger partial charge in [0.05, 0.1) is 11.8 Å². The predicted octanol–water partition coefficient (Wildman–Crippen LogP) is 3.36. The number of para-hydroxylation sites is 1. The van der Waals surface area contributed by atoms with Gasteiger partial charge < -0.3 is 15.0 Å². The third-order valence-electron chi connectivity index (χ3n) is 3.25. The number of fused-ring (bicyclic) bond motifs is 1. The predicted molar refractivity (Wildman–Crippen MR) is 77.7 cm³/mol. The lowest BCUT2D eigenvalue weighted by molar-refractivity contribution is 0.243. The summed E-state index contributed by atoms with van der Waals surface area (Å²) in [6, 6.07) is 6.31. The molecule has 3 heteroatoms. The molecule has 0 aliphatic carbocycles. The minimum absolute atomic E-state index is 0.203. The number of benzene rings is 1. The summed E-state index contributed by atoms with van der Waals surface area (Å²) in [5.41, 5.74) is 2.41. The van der Waals surface area contributed by atoms with Crippen LogP contribution in [0.5, 0.6) is 5.75 Å². The normalized spacial score (nSPS) is 19.2. The SMILES string of the molecule is CCN1CC(C)CNc2c(OC(C)C)cccc21. The van der Waals surface area contributed by atoms with Gasteiger partial charge in [-0.3, -0.25) is 0 Å². The van der Waals surface area contributed by atoms with Gasteiger partial charge in [0.25, 0.3) is 0 Å². The molecule has 1 atom stereocenters. The molecule has 1 aromatic carbocycles. The number of nitrogens with one attached hydrogen (secondary N) is 1. The molecule has 1 heterocycles. The molecule has 0 amide bonds. The van der Waals surface area contributed by atoms with Crippen molar-refractivity contribution in [3.05, 3.63) is 18.2 Å². The van der Waals surface area contributed by atoms with Gasteiger partial charge in [-0.2, -0.15) is 0 Å². The molecule has 0 bridgehead atoms. The van der Waals surface area contributed by atoms with Gasteiger partial charge in [-0.25, -0.2) is 0 Å². The maximum absolute atomic E-state index is 5.91. The van der Waals surface area contributed by atoms with Crippen molar-refractivity contribution in [2.45, 2.75) is 33.8 Å². The third kappa shape index (κ3) is 2.71. The molecule has 3 nitrogen and oxygen atoms in total. The van der Waals surface area contributed by atoms with Crippen molar-refractivity contribution >= 4 is 11.4 Å². The molecule has 0 spiro atoms. The summed E-state index contributed by atoms with van der Waals surface area (Å²) < 4.78 is 5.91. The standard InChI is InChI=1S/C15H24N2O/c1-5-17-10-12(4)9-16-15-13(17)7-6-8-14(15)18-11(2)3/h6-8,11-12,16H,5,9-10H2,1-4H3. The van der Waals surface area contributed by atoms with E-state index in [9.17, 15) is 0 Å². The van der Waals surface area contributed by atoms with Crippen LogP contribution in [-0.4, -0.2) is 25.7 Å². The number of ether oxygens (including phenoxy) is 1. The fourth-order valence-electron chi connectivity index (χ4n) is 2.43. The van der Waals surface area contributed by atoms with E-state index in [0.717, 1.165) is 31.1 Å². The zero-order valence-corrected chi connectivity index (χ0v) is 11.9. The Bertz CT molecular complexity index is 403. The average Bonchev–Trinajstić information content (AvgIpc) is 2.49. The lowest BCUT2D eigenvalue weighted by Crippen LogP contribution is -2.28. The highest BCUT2D eigenvalue weighted by Gasteiger charge is 2.20. The summed E-state index contributed by atoms with van der Waals surface area (Å²) in [6.07, 6.45) is 0.203. The van der Waals surface area contributed by atoms with Crippen LogP contribution in [0.25, 0.3) is 0 Å². The fourth-order valence-corrected chi connectivity index (χ4v) is 2.43. The van der Waals surface area contributed by atoms with Crippen LogP contribution in [0.2, 0.25) is 0 Å². The van der Waals surface area contributed by atoms with Crippen LogP contribution in [-0.2, 0) is 0 Å². The van der Waals surface area contributed by atoms with Gasteiger partial charge in [-0.1, -0.05) is 13.0 Å². The monoisotopic (exact) mass is 248 g/mol. The quantitative estimate of drug-likeness (QED) is 0.887. The Morgan fingerprint density at radius 1 is 1.44 bits per heavy atom. The summed E-state index contributed by atoms with van der Waals surface area (Å²) >= 11 is 0. The second-order valence-corrected chi connectivity index (χ2v) is 5.34. The molecule has 0 fully saturated rings. The lowest BCUT2D eigenvalue weighted by atomic mass is 10.2. The summed E-state index contributed by atoms with van der Waals surface area (Å²) in [5.74, 6) is 1.61. The summed E-state index contributed by atoms with van der Waals surface area (Å²) in [7, 11) is 0. The minimum Gasteiger partial charge on any atom is -0.489 e. The van der Waals surface area contributed by atoms with E-state index < -0.39 is 0 Å². The second kappa shape index (κ2) is 5.51. The van der Waals surface area contributed by atoms with E-state index in [1.54, 1.807) is 0 Å². The van der Waals surface area contributed by atoms with E-state index in [1.165, 1.54) is 5.69 Å². The molecule has 1 aliphatic rings. The van der Waals surface area contributed by atoms with Gasteiger partial charge in [-0.05, 0) is 38.8 Å². The van der Waals surface area contributed by atoms with Gasteiger partial charge in [0.2, 0.25) is 0 Å². The van der Waals surface area contributed by atoms with Gasteiger partial charge in [-0.15, -0.1) is 0 Å². The van der Waals surface area contributed by atoms with E-state index in [2.05, 4.69) is 56.1 Å². The fraction of sp³-hybridized carbons (Fsp3) is 0.600. The Morgan fingerprint density at radius 3 is 2.89 bits per heavy atom. The van der Waals surface area contributed by atoms with Crippen molar-refractivity contribution in [2.75, 3.05) is 29.9 Å². The van der Waals surface area contributed by atoms with E-state index >= 15 is 0 Å². The number of nitrogens with zero attached hydrogens (tertiary/aromatic N) is 1. The van der Waals surface area contributed by atoms with Gasteiger partial charge >= 0.3 is 0 Å². The molecule has 2 rings (SSSR count). The smallest absolute Gasteiger partial charge is 0.144 e. The van der Waals surface area contributed by atoms with Crippen LogP contribution in [0.15, 0.2) is 18.2 Å². The molecule has 18 heavy (non-hydrogen) atoms. The van der Waals surface area contributed by atoms with Crippen molar-refractivity contribution in [1.29, 1.82) is 0 Å². The zero-order valence-electron chi connectivity index (χ0n) is 11.9. The van der Waals surface area contributed by atoms with Crippen LogP contribution in [0, 0.1) is 5.92 Å². The maximum atomic E-state index is 5.91. The number of rotatable bonds is 3. The first kappa shape index (κ1) is 13.1. The highest BCUT2D eigenvalue weighted by Crippen LogP contribution is 2.37. The number of anilines is 2. The van der Waals surface area contributed by atoms with Crippen molar-refractivity contribution < 1.29 is 4.74 Å². The molecule has 1 aliphatic heterocycles. The Balaban J connectivity index is 2.38. The Morgan fingerprint density at radius 2 is 2.22 bits per heavy atom. The zero-order chi connectivity index (χ0) is 13.1. The highest BCUT2D eigenvalue weighted by atomic mass is 16.5. The summed E-state index contributed by atoms with van der Waals surface area (Å²) in [5, 5.41) is 3.55. The molecular weight excluding hydrogens is 224 g/mol. The molecular formula is C15H24N2O. The number of hydrogen-bond acceptors (Lipinski definition) is 3. The molecule has 100 valence electrons. The van der Waals surface area contributed by atoms with Crippen LogP contribution in [0.3, 0.4) is 0 Å². The van der Waals surface area contributed by atoms with Crippen LogP contribution < -0.4 is 15.0 Å². The first-order valence-corrected chi connectivity index (χ1v) is 6.90. The van der Waals surface area contributed by atoms with Crippen molar-refractivity contribution in [2.24, 2.45) is 5.92 Å². The van der Waals surface area contributed by atoms with Crippen molar-refractivity contribution in [1.82, 2.24) is 0 Å². The molecule has 0 saturated carbocycles. The third-order valence-corrected chi connectivity index (χ3v) is 3.25. The van der Waals surface area contributed by atoms with Crippen LogP contribution in [0.4, 0.5) is 11.4 Å². The second-order valence-electron chi connectivity index (χ2n) is 5.34. The Hall–Kier alpha value is -1.38. The van der Waals surface area contributed by atoms with Gasteiger partial charge in [0.15, 0.2) is 0 Å². The van der Waals surface area contributed by atoms with Crippen LogP contribution in [0.1, 0.15) is 27.7 Å². The highest BCUT2D eigenvalue weighted by molar-refractivity contribution is 5.77. The molecule has 0 aromatic heterocycles. The Labute approximate surface area is 110 Å². The van der Waals surface area contributed by atoms with E-state index in [1.807, 2.05) is 0 Å².